The third kappa shape index (κ3) is 1.61. The summed E-state index contributed by atoms with van der Waals surface area (Å²) in [6.07, 6.45) is 3.71. The molecule has 1 N–H and O–H groups in total. The van der Waals surface area contributed by atoms with Gasteiger partial charge in [0, 0.05) is 5.92 Å². The SMILES string of the molecule is c1csc(-c2noc(C3CC34CCNCC4)n2)c1. The van der Waals surface area contributed by atoms with Crippen LogP contribution < -0.4 is 5.32 Å². The highest BCUT2D eigenvalue weighted by atomic mass is 32.1. The molecule has 1 atom stereocenters. The number of nitrogens with zero attached hydrogens (tertiary/aromatic N) is 2. The first-order valence-corrected chi connectivity index (χ1v) is 7.34. The third-order valence-electron chi connectivity index (χ3n) is 4.27. The van der Waals surface area contributed by atoms with Gasteiger partial charge in [-0.05, 0) is 49.2 Å². The van der Waals surface area contributed by atoms with E-state index in [1.807, 2.05) is 17.5 Å². The zero-order valence-corrected chi connectivity index (χ0v) is 10.9. The van der Waals surface area contributed by atoms with Gasteiger partial charge in [-0.25, -0.2) is 0 Å². The molecule has 1 saturated carbocycles. The van der Waals surface area contributed by atoms with Gasteiger partial charge in [-0.2, -0.15) is 4.98 Å². The van der Waals surface area contributed by atoms with Crippen molar-refractivity contribution in [3.63, 3.8) is 0 Å². The maximum absolute atomic E-state index is 5.47. The van der Waals surface area contributed by atoms with Crippen molar-refractivity contribution in [2.24, 2.45) is 5.41 Å². The van der Waals surface area contributed by atoms with E-state index in [9.17, 15) is 0 Å². The third-order valence-corrected chi connectivity index (χ3v) is 5.14. The quantitative estimate of drug-likeness (QED) is 0.903. The molecule has 1 unspecified atom stereocenters. The molecule has 1 spiro atoms. The lowest BCUT2D eigenvalue weighted by atomic mass is 9.92. The largest absolute Gasteiger partial charge is 0.339 e. The first-order valence-electron chi connectivity index (χ1n) is 6.46. The monoisotopic (exact) mass is 261 g/mol. The van der Waals surface area contributed by atoms with Crippen LogP contribution in [0.25, 0.3) is 10.7 Å². The molecule has 94 valence electrons. The Morgan fingerprint density at radius 2 is 2.28 bits per heavy atom. The second kappa shape index (κ2) is 3.90. The van der Waals surface area contributed by atoms with Crippen LogP contribution in [0.4, 0.5) is 0 Å². The number of hydrogen-bond donors (Lipinski definition) is 1. The van der Waals surface area contributed by atoms with Gasteiger partial charge in [0.25, 0.3) is 0 Å². The molecule has 2 fully saturated rings. The molecule has 18 heavy (non-hydrogen) atoms. The van der Waals surface area contributed by atoms with E-state index in [4.69, 9.17) is 4.52 Å². The molecular weight excluding hydrogens is 246 g/mol. The standard InChI is InChI=1S/C13H15N3OS/c1-2-10(18-7-1)11-15-12(17-16-11)9-8-13(9)3-5-14-6-4-13/h1-2,7,9,14H,3-6,8H2. The molecule has 3 heterocycles. The molecule has 4 rings (SSSR count). The highest BCUT2D eigenvalue weighted by Gasteiger charge is 2.57. The molecule has 1 saturated heterocycles. The lowest BCUT2D eigenvalue weighted by Gasteiger charge is -2.22. The van der Waals surface area contributed by atoms with Crippen molar-refractivity contribution in [3.8, 4) is 10.7 Å². The molecule has 4 nitrogen and oxygen atoms in total. The van der Waals surface area contributed by atoms with Crippen LogP contribution in [0.1, 0.15) is 31.1 Å². The van der Waals surface area contributed by atoms with Crippen LogP contribution >= 0.6 is 11.3 Å². The molecule has 2 aromatic rings. The Labute approximate surface area is 109 Å². The number of thiophene rings is 1. The summed E-state index contributed by atoms with van der Waals surface area (Å²) in [6.45, 7) is 2.25. The van der Waals surface area contributed by atoms with Crippen molar-refractivity contribution in [2.75, 3.05) is 13.1 Å². The molecule has 1 aliphatic carbocycles. The predicted molar refractivity (Wildman–Crippen MR) is 69.5 cm³/mol. The van der Waals surface area contributed by atoms with E-state index in [0.717, 1.165) is 29.7 Å². The highest BCUT2D eigenvalue weighted by molar-refractivity contribution is 7.13. The summed E-state index contributed by atoms with van der Waals surface area (Å²) in [5, 5.41) is 9.56. The smallest absolute Gasteiger partial charge is 0.230 e. The van der Waals surface area contributed by atoms with E-state index in [-0.39, 0.29) is 0 Å². The van der Waals surface area contributed by atoms with Crippen LogP contribution in [0.5, 0.6) is 0 Å². The number of aromatic nitrogens is 2. The van der Waals surface area contributed by atoms with E-state index >= 15 is 0 Å². The van der Waals surface area contributed by atoms with E-state index in [1.54, 1.807) is 11.3 Å². The molecule has 0 bridgehead atoms. The van der Waals surface area contributed by atoms with Crippen LogP contribution in [0.15, 0.2) is 22.0 Å². The summed E-state index contributed by atoms with van der Waals surface area (Å²) in [5.74, 6) is 2.09. The summed E-state index contributed by atoms with van der Waals surface area (Å²) in [4.78, 5) is 5.66. The van der Waals surface area contributed by atoms with Crippen molar-refractivity contribution in [1.82, 2.24) is 15.5 Å². The lowest BCUT2D eigenvalue weighted by molar-refractivity contribution is 0.311. The summed E-state index contributed by atoms with van der Waals surface area (Å²) in [6, 6.07) is 4.05. The van der Waals surface area contributed by atoms with Crippen LogP contribution in [0.3, 0.4) is 0 Å². The Morgan fingerprint density at radius 3 is 3.06 bits per heavy atom. The topological polar surface area (TPSA) is 51.0 Å². The summed E-state index contributed by atoms with van der Waals surface area (Å²) >= 11 is 1.65. The van der Waals surface area contributed by atoms with Gasteiger partial charge in [0.2, 0.25) is 11.7 Å². The average Bonchev–Trinajstić information content (AvgIpc) is 2.86. The van der Waals surface area contributed by atoms with Gasteiger partial charge < -0.3 is 9.84 Å². The second-order valence-electron chi connectivity index (χ2n) is 5.30. The molecule has 0 radical (unpaired) electrons. The predicted octanol–water partition coefficient (Wildman–Crippen LogP) is 2.66. The number of rotatable bonds is 2. The lowest BCUT2D eigenvalue weighted by Crippen LogP contribution is -2.29. The second-order valence-corrected chi connectivity index (χ2v) is 6.25. The van der Waals surface area contributed by atoms with Gasteiger partial charge in [-0.1, -0.05) is 11.2 Å². The Balaban J connectivity index is 1.57. The van der Waals surface area contributed by atoms with Gasteiger partial charge >= 0.3 is 0 Å². The van der Waals surface area contributed by atoms with E-state index in [1.165, 1.54) is 19.3 Å². The number of hydrogen-bond acceptors (Lipinski definition) is 5. The van der Waals surface area contributed by atoms with Gasteiger partial charge in [0.15, 0.2) is 0 Å². The zero-order valence-electron chi connectivity index (χ0n) is 10.1. The minimum Gasteiger partial charge on any atom is -0.339 e. The Bertz CT molecular complexity index is 542. The van der Waals surface area contributed by atoms with E-state index in [2.05, 4.69) is 15.5 Å². The first kappa shape index (κ1) is 10.7. The van der Waals surface area contributed by atoms with Crippen molar-refractivity contribution in [1.29, 1.82) is 0 Å². The summed E-state index contributed by atoms with van der Waals surface area (Å²) in [5.41, 5.74) is 0.463. The summed E-state index contributed by atoms with van der Waals surface area (Å²) in [7, 11) is 0. The number of piperidine rings is 1. The molecule has 0 amide bonds. The van der Waals surface area contributed by atoms with Crippen LogP contribution in [0, 0.1) is 5.41 Å². The zero-order chi connectivity index (χ0) is 12.0. The summed E-state index contributed by atoms with van der Waals surface area (Å²) < 4.78 is 5.47. The van der Waals surface area contributed by atoms with Crippen molar-refractivity contribution >= 4 is 11.3 Å². The Kier molecular flexibility index (Phi) is 2.32. The molecule has 2 aliphatic rings. The van der Waals surface area contributed by atoms with Gasteiger partial charge in [0.1, 0.15) is 0 Å². The Hall–Kier alpha value is -1.20. The normalized spacial score (nSPS) is 25.4. The number of nitrogens with one attached hydrogen (secondary N) is 1. The van der Waals surface area contributed by atoms with Crippen LogP contribution in [0.2, 0.25) is 0 Å². The fourth-order valence-corrected chi connectivity index (χ4v) is 3.71. The van der Waals surface area contributed by atoms with E-state index < -0.39 is 0 Å². The molecule has 0 aromatic carbocycles. The minimum absolute atomic E-state index is 0.463. The fraction of sp³-hybridized carbons (Fsp3) is 0.538. The van der Waals surface area contributed by atoms with Crippen LogP contribution in [-0.4, -0.2) is 23.2 Å². The fourth-order valence-electron chi connectivity index (χ4n) is 3.06. The highest BCUT2D eigenvalue weighted by Crippen LogP contribution is 2.63. The van der Waals surface area contributed by atoms with Crippen molar-refractivity contribution < 1.29 is 4.52 Å². The van der Waals surface area contributed by atoms with Gasteiger partial charge in [-0.3, -0.25) is 0 Å². The minimum atomic E-state index is 0.463. The van der Waals surface area contributed by atoms with E-state index in [0.29, 0.717) is 11.3 Å². The molecule has 2 aromatic heterocycles. The van der Waals surface area contributed by atoms with Gasteiger partial charge in [0.05, 0.1) is 4.88 Å². The molecule has 5 heteroatoms. The first-order chi connectivity index (χ1) is 8.87. The van der Waals surface area contributed by atoms with Gasteiger partial charge in [-0.15, -0.1) is 11.3 Å². The maximum Gasteiger partial charge on any atom is 0.230 e. The van der Waals surface area contributed by atoms with Crippen molar-refractivity contribution in [3.05, 3.63) is 23.4 Å². The Morgan fingerprint density at radius 1 is 1.39 bits per heavy atom. The molecule has 1 aliphatic heterocycles. The van der Waals surface area contributed by atoms with Crippen LogP contribution in [-0.2, 0) is 0 Å². The molecular formula is C13H15N3OS. The van der Waals surface area contributed by atoms with Crippen molar-refractivity contribution in [2.45, 2.75) is 25.2 Å². The maximum atomic E-state index is 5.47. The average molecular weight is 261 g/mol.